The number of anilines is 1. The standard InChI is InChI=1S/C18H17ClFN3O5S/c19-14-6-4-12(10-17(14)29(27,28)22-8-2-1-3-9-22)18(24)21-13-5-7-15(20)16(11-13)23(25)26/h4-7,10-11H,1-3,8-9H2,(H,21,24). The number of piperidine rings is 1. The first-order valence-corrected chi connectivity index (χ1v) is 10.6. The van der Waals surface area contributed by atoms with Crippen molar-refractivity contribution in [1.82, 2.24) is 4.31 Å². The quantitative estimate of drug-likeness (QED) is 0.560. The van der Waals surface area contributed by atoms with Gasteiger partial charge in [0.25, 0.3) is 5.91 Å². The van der Waals surface area contributed by atoms with Gasteiger partial charge in [0.15, 0.2) is 0 Å². The van der Waals surface area contributed by atoms with Gasteiger partial charge in [0.05, 0.1) is 9.95 Å². The molecule has 1 fully saturated rings. The number of carbonyl (C=O) groups excluding carboxylic acids is 1. The molecule has 1 saturated heterocycles. The van der Waals surface area contributed by atoms with Crippen molar-refractivity contribution >= 4 is 38.9 Å². The van der Waals surface area contributed by atoms with E-state index in [0.29, 0.717) is 13.1 Å². The molecule has 1 aliphatic rings. The van der Waals surface area contributed by atoms with Gasteiger partial charge in [-0.05, 0) is 43.2 Å². The third-order valence-electron chi connectivity index (χ3n) is 4.53. The molecule has 0 aromatic heterocycles. The van der Waals surface area contributed by atoms with E-state index in [1.807, 2.05) is 0 Å². The fourth-order valence-corrected chi connectivity index (χ4v) is 5.04. The molecule has 2 aromatic carbocycles. The number of nitro groups is 1. The first-order valence-electron chi connectivity index (χ1n) is 8.75. The lowest BCUT2D eigenvalue weighted by Gasteiger charge is -2.26. The second-order valence-electron chi connectivity index (χ2n) is 6.49. The number of nitrogens with one attached hydrogen (secondary N) is 1. The van der Waals surface area contributed by atoms with Crippen molar-refractivity contribution < 1.29 is 22.5 Å². The Morgan fingerprint density at radius 1 is 1.14 bits per heavy atom. The number of amides is 1. The van der Waals surface area contributed by atoms with Gasteiger partial charge in [-0.3, -0.25) is 14.9 Å². The fourth-order valence-electron chi connectivity index (χ4n) is 3.02. The molecule has 1 heterocycles. The van der Waals surface area contributed by atoms with Crippen LogP contribution in [0.5, 0.6) is 0 Å². The number of hydrogen-bond donors (Lipinski definition) is 1. The highest BCUT2D eigenvalue weighted by Gasteiger charge is 2.29. The zero-order chi connectivity index (χ0) is 21.2. The first kappa shape index (κ1) is 21.2. The van der Waals surface area contributed by atoms with E-state index in [-0.39, 0.29) is 21.2 Å². The molecule has 0 spiro atoms. The van der Waals surface area contributed by atoms with Crippen LogP contribution >= 0.6 is 11.6 Å². The van der Waals surface area contributed by atoms with Crippen molar-refractivity contribution in [3.05, 3.63) is 62.9 Å². The zero-order valence-electron chi connectivity index (χ0n) is 15.1. The van der Waals surface area contributed by atoms with E-state index in [9.17, 15) is 27.7 Å². The summed E-state index contributed by atoms with van der Waals surface area (Å²) in [5.74, 6) is -1.74. The minimum atomic E-state index is -3.86. The van der Waals surface area contributed by atoms with Gasteiger partial charge >= 0.3 is 5.69 Å². The Morgan fingerprint density at radius 3 is 2.48 bits per heavy atom. The Hall–Kier alpha value is -2.56. The normalized spacial score (nSPS) is 15.1. The Balaban J connectivity index is 1.88. The maximum absolute atomic E-state index is 13.4. The van der Waals surface area contributed by atoms with Crippen molar-refractivity contribution in [1.29, 1.82) is 0 Å². The van der Waals surface area contributed by atoms with Crippen molar-refractivity contribution in [2.75, 3.05) is 18.4 Å². The van der Waals surface area contributed by atoms with Crippen LogP contribution < -0.4 is 5.32 Å². The molecule has 0 bridgehead atoms. The van der Waals surface area contributed by atoms with Gasteiger partial charge in [0.1, 0.15) is 4.90 Å². The molecule has 1 aliphatic heterocycles. The SMILES string of the molecule is O=C(Nc1ccc(F)c([N+](=O)[O-])c1)c1ccc(Cl)c(S(=O)(=O)N2CCCCC2)c1. The molecule has 0 saturated carbocycles. The zero-order valence-corrected chi connectivity index (χ0v) is 16.7. The van der Waals surface area contributed by atoms with Gasteiger partial charge in [-0.15, -0.1) is 0 Å². The van der Waals surface area contributed by atoms with Gasteiger partial charge in [0.2, 0.25) is 15.8 Å². The van der Waals surface area contributed by atoms with Crippen LogP contribution in [0.15, 0.2) is 41.3 Å². The third kappa shape index (κ3) is 4.55. The number of halogens is 2. The maximum atomic E-state index is 13.4. The Kier molecular flexibility index (Phi) is 6.15. The van der Waals surface area contributed by atoms with E-state index in [1.165, 1.54) is 28.6 Å². The van der Waals surface area contributed by atoms with Crippen LogP contribution in [-0.2, 0) is 10.0 Å². The van der Waals surface area contributed by atoms with Crippen LogP contribution in [0.1, 0.15) is 29.6 Å². The lowest BCUT2D eigenvalue weighted by atomic mass is 10.2. The van der Waals surface area contributed by atoms with Gasteiger partial charge in [0, 0.05) is 30.4 Å². The summed E-state index contributed by atoms with van der Waals surface area (Å²) in [6.45, 7) is 0.767. The third-order valence-corrected chi connectivity index (χ3v) is 6.91. The largest absolute Gasteiger partial charge is 0.322 e. The summed E-state index contributed by atoms with van der Waals surface area (Å²) in [6, 6.07) is 6.72. The molecule has 1 amide bonds. The highest BCUT2D eigenvalue weighted by Crippen LogP contribution is 2.28. The van der Waals surface area contributed by atoms with Gasteiger partial charge in [-0.25, -0.2) is 8.42 Å². The van der Waals surface area contributed by atoms with Gasteiger partial charge < -0.3 is 5.32 Å². The predicted molar refractivity (Wildman–Crippen MR) is 105 cm³/mol. The Labute approximate surface area is 171 Å². The molecule has 0 atom stereocenters. The van der Waals surface area contributed by atoms with Crippen LogP contribution in [0.4, 0.5) is 15.8 Å². The predicted octanol–water partition coefficient (Wildman–Crippen LogP) is 3.81. The summed E-state index contributed by atoms with van der Waals surface area (Å²) in [6.07, 6.45) is 2.45. The molecule has 0 unspecified atom stereocenters. The highest BCUT2D eigenvalue weighted by molar-refractivity contribution is 7.89. The monoisotopic (exact) mass is 441 g/mol. The molecular formula is C18H17ClFN3O5S. The van der Waals surface area contributed by atoms with Crippen LogP contribution in [-0.4, -0.2) is 36.6 Å². The summed E-state index contributed by atoms with van der Waals surface area (Å²) in [4.78, 5) is 22.3. The smallest absolute Gasteiger partial charge is 0.306 e. The van der Waals surface area contributed by atoms with Crippen molar-refractivity contribution in [2.24, 2.45) is 0 Å². The minimum absolute atomic E-state index is 0.00140. The summed E-state index contributed by atoms with van der Waals surface area (Å²) >= 11 is 6.08. The Morgan fingerprint density at radius 2 is 1.83 bits per heavy atom. The lowest BCUT2D eigenvalue weighted by molar-refractivity contribution is -0.387. The molecule has 29 heavy (non-hydrogen) atoms. The molecule has 2 aromatic rings. The van der Waals surface area contributed by atoms with Crippen molar-refractivity contribution in [2.45, 2.75) is 24.2 Å². The van der Waals surface area contributed by atoms with Crippen LogP contribution in [0.25, 0.3) is 0 Å². The topological polar surface area (TPSA) is 110 Å². The minimum Gasteiger partial charge on any atom is -0.322 e. The second kappa shape index (κ2) is 8.44. The molecule has 3 rings (SSSR count). The first-order chi connectivity index (χ1) is 13.7. The molecule has 1 N–H and O–H groups in total. The van der Waals surface area contributed by atoms with E-state index >= 15 is 0 Å². The number of nitrogens with zero attached hydrogens (tertiary/aromatic N) is 2. The van der Waals surface area contributed by atoms with Crippen LogP contribution in [0.3, 0.4) is 0 Å². The molecule has 154 valence electrons. The van der Waals surface area contributed by atoms with E-state index in [4.69, 9.17) is 11.6 Å². The van der Waals surface area contributed by atoms with E-state index < -0.39 is 32.4 Å². The van der Waals surface area contributed by atoms with Crippen molar-refractivity contribution in [3.63, 3.8) is 0 Å². The van der Waals surface area contributed by atoms with Crippen LogP contribution in [0.2, 0.25) is 5.02 Å². The van der Waals surface area contributed by atoms with Gasteiger partial charge in [-0.1, -0.05) is 18.0 Å². The summed E-state index contributed by atoms with van der Waals surface area (Å²) in [5, 5.41) is 13.2. The molecular weight excluding hydrogens is 425 g/mol. The highest BCUT2D eigenvalue weighted by atomic mass is 35.5. The molecule has 11 heteroatoms. The lowest BCUT2D eigenvalue weighted by Crippen LogP contribution is -2.35. The number of carbonyl (C=O) groups is 1. The summed E-state index contributed by atoms with van der Waals surface area (Å²) in [5.41, 5.74) is -0.789. The van der Waals surface area contributed by atoms with E-state index in [1.54, 1.807) is 0 Å². The number of benzene rings is 2. The Bertz CT molecular complexity index is 1070. The molecule has 0 aliphatic carbocycles. The number of hydrogen-bond acceptors (Lipinski definition) is 5. The fraction of sp³-hybridized carbons (Fsp3) is 0.278. The molecule has 0 radical (unpaired) electrons. The number of sulfonamides is 1. The maximum Gasteiger partial charge on any atom is 0.306 e. The average Bonchev–Trinajstić information content (AvgIpc) is 2.70. The summed E-state index contributed by atoms with van der Waals surface area (Å²) < 4.78 is 40.6. The van der Waals surface area contributed by atoms with Crippen molar-refractivity contribution in [3.8, 4) is 0 Å². The van der Waals surface area contributed by atoms with Crippen LogP contribution in [0, 0.1) is 15.9 Å². The average molecular weight is 442 g/mol. The number of rotatable bonds is 5. The second-order valence-corrected chi connectivity index (χ2v) is 8.80. The van der Waals surface area contributed by atoms with Gasteiger partial charge in [-0.2, -0.15) is 8.70 Å². The number of nitro benzene ring substituents is 1. The van der Waals surface area contributed by atoms with E-state index in [2.05, 4.69) is 5.32 Å². The summed E-state index contributed by atoms with van der Waals surface area (Å²) in [7, 11) is -3.86. The molecule has 8 nitrogen and oxygen atoms in total. The van der Waals surface area contributed by atoms with E-state index in [0.717, 1.165) is 31.4 Å².